The van der Waals surface area contributed by atoms with E-state index in [0.717, 1.165) is 10.6 Å². The second kappa shape index (κ2) is 4.02. The standard InChI is InChI=1S/C10H8N2OS/c13-12-9(10-11-6-7-14-10)8-4-2-1-3-5-8/h1-7,13H. The Morgan fingerprint density at radius 3 is 2.64 bits per heavy atom. The lowest BCUT2D eigenvalue weighted by molar-refractivity contribution is 0.319. The van der Waals surface area contributed by atoms with Gasteiger partial charge in [0.25, 0.3) is 0 Å². The van der Waals surface area contributed by atoms with Gasteiger partial charge in [0.1, 0.15) is 10.7 Å². The van der Waals surface area contributed by atoms with Crippen molar-refractivity contribution < 1.29 is 5.21 Å². The van der Waals surface area contributed by atoms with Crippen molar-refractivity contribution in [3.63, 3.8) is 0 Å². The normalized spacial score (nSPS) is 11.6. The molecule has 0 atom stereocenters. The number of aromatic nitrogens is 1. The predicted octanol–water partition coefficient (Wildman–Crippen LogP) is 2.37. The van der Waals surface area contributed by atoms with Gasteiger partial charge in [-0.05, 0) is 0 Å². The molecule has 0 aliphatic heterocycles. The Hall–Kier alpha value is -1.68. The van der Waals surface area contributed by atoms with Gasteiger partial charge < -0.3 is 5.21 Å². The lowest BCUT2D eigenvalue weighted by Gasteiger charge is -1.99. The van der Waals surface area contributed by atoms with Crippen LogP contribution in [-0.4, -0.2) is 15.9 Å². The largest absolute Gasteiger partial charge is 0.410 e. The molecule has 2 aromatic rings. The van der Waals surface area contributed by atoms with E-state index in [1.165, 1.54) is 11.3 Å². The van der Waals surface area contributed by atoms with Crippen molar-refractivity contribution >= 4 is 17.0 Å². The summed E-state index contributed by atoms with van der Waals surface area (Å²) in [6.45, 7) is 0. The van der Waals surface area contributed by atoms with Crippen LogP contribution in [0.15, 0.2) is 47.1 Å². The molecule has 0 saturated heterocycles. The molecule has 4 heteroatoms. The van der Waals surface area contributed by atoms with Crippen LogP contribution in [0.5, 0.6) is 0 Å². The maximum absolute atomic E-state index is 8.91. The SMILES string of the molecule is ON=C(c1ccccc1)c1nccs1. The summed E-state index contributed by atoms with van der Waals surface area (Å²) in [5, 5.41) is 14.7. The highest BCUT2D eigenvalue weighted by molar-refractivity contribution is 7.11. The second-order valence-corrected chi connectivity index (χ2v) is 3.55. The number of thiazole rings is 1. The van der Waals surface area contributed by atoms with Gasteiger partial charge in [-0.3, -0.25) is 0 Å². The molecule has 0 aliphatic rings. The van der Waals surface area contributed by atoms with Gasteiger partial charge in [0.15, 0.2) is 0 Å². The van der Waals surface area contributed by atoms with Crippen LogP contribution < -0.4 is 0 Å². The molecule has 0 fully saturated rings. The predicted molar refractivity (Wildman–Crippen MR) is 56.0 cm³/mol. The van der Waals surface area contributed by atoms with E-state index < -0.39 is 0 Å². The summed E-state index contributed by atoms with van der Waals surface area (Å²) in [6, 6.07) is 9.48. The van der Waals surface area contributed by atoms with E-state index >= 15 is 0 Å². The van der Waals surface area contributed by atoms with Crippen LogP contribution in [0.2, 0.25) is 0 Å². The zero-order valence-corrected chi connectivity index (χ0v) is 8.11. The fraction of sp³-hybridized carbons (Fsp3) is 0. The van der Waals surface area contributed by atoms with Crippen LogP contribution in [0.4, 0.5) is 0 Å². The molecule has 14 heavy (non-hydrogen) atoms. The molecule has 0 spiro atoms. The summed E-state index contributed by atoms with van der Waals surface area (Å²) in [5.41, 5.74) is 1.38. The average Bonchev–Trinajstić information content (AvgIpc) is 2.74. The molecule has 70 valence electrons. The van der Waals surface area contributed by atoms with Crippen molar-refractivity contribution in [1.82, 2.24) is 4.98 Å². The number of nitrogens with zero attached hydrogens (tertiary/aromatic N) is 2. The minimum absolute atomic E-state index is 0.514. The smallest absolute Gasteiger partial charge is 0.145 e. The first-order valence-electron chi connectivity index (χ1n) is 4.09. The summed E-state index contributed by atoms with van der Waals surface area (Å²) in [7, 11) is 0. The number of benzene rings is 1. The van der Waals surface area contributed by atoms with Crippen molar-refractivity contribution in [2.45, 2.75) is 0 Å². The van der Waals surface area contributed by atoms with Gasteiger partial charge >= 0.3 is 0 Å². The highest BCUT2D eigenvalue weighted by Gasteiger charge is 2.08. The molecule has 1 aromatic carbocycles. The lowest BCUT2D eigenvalue weighted by Crippen LogP contribution is -2.01. The van der Waals surface area contributed by atoms with Gasteiger partial charge in [-0.2, -0.15) is 0 Å². The quantitative estimate of drug-likeness (QED) is 0.463. The van der Waals surface area contributed by atoms with E-state index in [9.17, 15) is 0 Å². The van der Waals surface area contributed by atoms with Gasteiger partial charge in [0.2, 0.25) is 0 Å². The van der Waals surface area contributed by atoms with Crippen LogP contribution in [0, 0.1) is 0 Å². The van der Waals surface area contributed by atoms with Crippen molar-refractivity contribution in [3.8, 4) is 0 Å². The molecule has 3 nitrogen and oxygen atoms in total. The van der Waals surface area contributed by atoms with Crippen molar-refractivity contribution in [2.75, 3.05) is 0 Å². The highest BCUT2D eigenvalue weighted by Crippen LogP contribution is 2.12. The molecule has 0 aliphatic carbocycles. The Morgan fingerprint density at radius 1 is 1.29 bits per heavy atom. The van der Waals surface area contributed by atoms with E-state index in [1.54, 1.807) is 6.20 Å². The Kier molecular flexibility index (Phi) is 2.55. The summed E-state index contributed by atoms with van der Waals surface area (Å²) < 4.78 is 0. The zero-order valence-electron chi connectivity index (χ0n) is 7.29. The molecule has 0 amide bonds. The van der Waals surface area contributed by atoms with Gasteiger partial charge in [0.05, 0.1) is 0 Å². The second-order valence-electron chi connectivity index (χ2n) is 2.65. The molecular formula is C10H8N2OS. The summed E-state index contributed by atoms with van der Waals surface area (Å²) >= 11 is 1.45. The van der Waals surface area contributed by atoms with Gasteiger partial charge in [-0.25, -0.2) is 4.98 Å². The molecule has 0 bridgehead atoms. The maximum Gasteiger partial charge on any atom is 0.145 e. The van der Waals surface area contributed by atoms with E-state index in [4.69, 9.17) is 5.21 Å². The van der Waals surface area contributed by atoms with Gasteiger partial charge in [0, 0.05) is 17.1 Å². The number of oxime groups is 1. The number of hydrogen-bond donors (Lipinski definition) is 1. The Labute approximate surface area is 85.4 Å². The Morgan fingerprint density at radius 2 is 2.07 bits per heavy atom. The lowest BCUT2D eigenvalue weighted by atomic mass is 10.1. The molecule has 0 saturated carbocycles. The van der Waals surface area contributed by atoms with Crippen LogP contribution >= 0.6 is 11.3 Å². The van der Waals surface area contributed by atoms with Crippen molar-refractivity contribution in [1.29, 1.82) is 0 Å². The van der Waals surface area contributed by atoms with E-state index in [1.807, 2.05) is 35.7 Å². The average molecular weight is 204 g/mol. The van der Waals surface area contributed by atoms with Crippen molar-refractivity contribution in [2.24, 2.45) is 5.16 Å². The molecule has 0 unspecified atom stereocenters. The van der Waals surface area contributed by atoms with Crippen LogP contribution in [0.3, 0.4) is 0 Å². The van der Waals surface area contributed by atoms with Crippen molar-refractivity contribution in [3.05, 3.63) is 52.5 Å². The molecular weight excluding hydrogens is 196 g/mol. The third-order valence-electron chi connectivity index (χ3n) is 1.78. The van der Waals surface area contributed by atoms with Crippen LogP contribution in [0.25, 0.3) is 0 Å². The highest BCUT2D eigenvalue weighted by atomic mass is 32.1. The fourth-order valence-corrected chi connectivity index (χ4v) is 1.80. The van der Waals surface area contributed by atoms with E-state index in [0.29, 0.717) is 5.71 Å². The number of rotatable bonds is 2. The number of hydrogen-bond acceptors (Lipinski definition) is 4. The Balaban J connectivity index is 2.43. The van der Waals surface area contributed by atoms with Gasteiger partial charge in [-0.15, -0.1) is 11.3 Å². The molecule has 1 heterocycles. The van der Waals surface area contributed by atoms with E-state index in [-0.39, 0.29) is 0 Å². The third kappa shape index (κ3) is 1.65. The fourth-order valence-electron chi connectivity index (χ4n) is 1.16. The maximum atomic E-state index is 8.91. The first-order valence-corrected chi connectivity index (χ1v) is 4.97. The molecule has 1 N–H and O–H groups in total. The minimum Gasteiger partial charge on any atom is -0.410 e. The zero-order chi connectivity index (χ0) is 9.80. The minimum atomic E-state index is 0.514. The Bertz CT molecular complexity index is 423. The first kappa shape index (κ1) is 8.90. The van der Waals surface area contributed by atoms with E-state index in [2.05, 4.69) is 10.1 Å². The third-order valence-corrected chi connectivity index (χ3v) is 2.56. The van der Waals surface area contributed by atoms with Gasteiger partial charge in [-0.1, -0.05) is 35.5 Å². The van der Waals surface area contributed by atoms with Crippen LogP contribution in [-0.2, 0) is 0 Å². The molecule has 2 rings (SSSR count). The first-order chi connectivity index (χ1) is 6.92. The monoisotopic (exact) mass is 204 g/mol. The topological polar surface area (TPSA) is 45.5 Å². The molecule has 0 radical (unpaired) electrons. The molecule has 1 aromatic heterocycles. The summed E-state index contributed by atoms with van der Waals surface area (Å²) in [5.74, 6) is 0. The van der Waals surface area contributed by atoms with Crippen LogP contribution in [0.1, 0.15) is 10.6 Å². The summed E-state index contributed by atoms with van der Waals surface area (Å²) in [4.78, 5) is 4.09. The summed E-state index contributed by atoms with van der Waals surface area (Å²) in [6.07, 6.45) is 1.69.